The van der Waals surface area contributed by atoms with Crippen LogP contribution in [0.15, 0.2) is 54.6 Å². The van der Waals surface area contributed by atoms with Crippen molar-refractivity contribution < 1.29 is 9.59 Å². The number of urea groups is 1. The lowest BCUT2D eigenvalue weighted by Crippen LogP contribution is -2.20. The van der Waals surface area contributed by atoms with E-state index in [2.05, 4.69) is 16.0 Å². The number of benzene rings is 2. The van der Waals surface area contributed by atoms with Gasteiger partial charge in [-0.15, -0.1) is 0 Å². The van der Waals surface area contributed by atoms with Gasteiger partial charge in [0, 0.05) is 23.5 Å². The Hall–Kier alpha value is -2.82. The second kappa shape index (κ2) is 7.64. The van der Waals surface area contributed by atoms with Gasteiger partial charge in [-0.1, -0.05) is 45.0 Å². The van der Waals surface area contributed by atoms with Crippen LogP contribution >= 0.6 is 0 Å². The molecule has 0 aliphatic carbocycles. The van der Waals surface area contributed by atoms with Gasteiger partial charge >= 0.3 is 6.03 Å². The molecule has 0 aliphatic heterocycles. The van der Waals surface area contributed by atoms with Gasteiger partial charge in [0.2, 0.25) is 5.91 Å². The van der Waals surface area contributed by atoms with Crippen molar-refractivity contribution in [1.82, 2.24) is 0 Å². The molecule has 0 unspecified atom stereocenters. The molecule has 5 heteroatoms. The molecule has 0 saturated carbocycles. The summed E-state index contributed by atoms with van der Waals surface area (Å²) in [6.07, 6.45) is 0.430. The van der Waals surface area contributed by atoms with Crippen molar-refractivity contribution in [1.29, 1.82) is 0 Å². The number of rotatable bonds is 4. The van der Waals surface area contributed by atoms with Crippen molar-refractivity contribution in [2.75, 3.05) is 16.0 Å². The van der Waals surface area contributed by atoms with Crippen molar-refractivity contribution in [2.45, 2.75) is 27.2 Å². The summed E-state index contributed by atoms with van der Waals surface area (Å²) in [5.74, 6) is -0.0478. The largest absolute Gasteiger partial charge is 0.326 e. The average molecular weight is 325 g/mol. The molecule has 0 aromatic heterocycles. The number of hydrogen-bond donors (Lipinski definition) is 3. The highest BCUT2D eigenvalue weighted by Gasteiger charge is 2.16. The lowest BCUT2D eigenvalue weighted by molar-refractivity contribution is -0.117. The van der Waals surface area contributed by atoms with Crippen LogP contribution in [-0.2, 0) is 4.79 Å². The predicted octanol–water partition coefficient (Wildman–Crippen LogP) is 4.71. The maximum atomic E-state index is 12.0. The Labute approximate surface area is 142 Å². The third-order valence-corrected chi connectivity index (χ3v) is 3.13. The van der Waals surface area contributed by atoms with E-state index >= 15 is 0 Å². The first-order valence-corrected chi connectivity index (χ1v) is 7.85. The molecular weight excluding hydrogens is 302 g/mol. The summed E-state index contributed by atoms with van der Waals surface area (Å²) in [7, 11) is 0. The van der Waals surface area contributed by atoms with Crippen LogP contribution < -0.4 is 16.0 Å². The molecule has 0 bridgehead atoms. The van der Waals surface area contributed by atoms with E-state index in [9.17, 15) is 9.59 Å². The Morgan fingerprint density at radius 1 is 0.792 bits per heavy atom. The maximum Gasteiger partial charge on any atom is 0.323 e. The molecule has 0 radical (unpaired) electrons. The molecule has 0 fully saturated rings. The van der Waals surface area contributed by atoms with Gasteiger partial charge in [-0.3, -0.25) is 4.79 Å². The van der Waals surface area contributed by atoms with Crippen LogP contribution in [0.4, 0.5) is 21.9 Å². The molecule has 0 spiro atoms. The zero-order valence-electron chi connectivity index (χ0n) is 14.2. The Morgan fingerprint density at radius 2 is 1.33 bits per heavy atom. The van der Waals surface area contributed by atoms with Crippen LogP contribution in [0.3, 0.4) is 0 Å². The van der Waals surface area contributed by atoms with Crippen LogP contribution in [0.1, 0.15) is 27.2 Å². The minimum atomic E-state index is -0.334. The molecular formula is C19H23N3O2. The molecule has 2 aromatic rings. The smallest absolute Gasteiger partial charge is 0.323 e. The summed E-state index contributed by atoms with van der Waals surface area (Å²) >= 11 is 0. The first-order valence-electron chi connectivity index (χ1n) is 7.85. The van der Waals surface area contributed by atoms with Crippen molar-refractivity contribution in [3.05, 3.63) is 54.6 Å². The lowest BCUT2D eigenvalue weighted by Gasteiger charge is -2.17. The van der Waals surface area contributed by atoms with Crippen LogP contribution in [-0.4, -0.2) is 11.9 Å². The Kier molecular flexibility index (Phi) is 5.58. The first kappa shape index (κ1) is 17.5. The van der Waals surface area contributed by atoms with Gasteiger partial charge in [0.05, 0.1) is 0 Å². The first-order chi connectivity index (χ1) is 11.3. The predicted molar refractivity (Wildman–Crippen MR) is 98.2 cm³/mol. The monoisotopic (exact) mass is 325 g/mol. The van der Waals surface area contributed by atoms with Gasteiger partial charge in [0.25, 0.3) is 0 Å². The molecule has 0 aliphatic rings. The van der Waals surface area contributed by atoms with Crippen molar-refractivity contribution >= 4 is 29.0 Å². The highest BCUT2D eigenvalue weighted by molar-refractivity contribution is 6.00. The summed E-state index contributed by atoms with van der Waals surface area (Å²) < 4.78 is 0. The van der Waals surface area contributed by atoms with Crippen molar-refractivity contribution in [3.8, 4) is 0 Å². The minimum Gasteiger partial charge on any atom is -0.326 e. The van der Waals surface area contributed by atoms with Crippen LogP contribution in [0, 0.1) is 5.41 Å². The molecule has 24 heavy (non-hydrogen) atoms. The van der Waals surface area contributed by atoms with E-state index in [0.717, 1.165) is 0 Å². The summed E-state index contributed by atoms with van der Waals surface area (Å²) in [4.78, 5) is 24.0. The number of carbonyl (C=O) groups is 2. The number of amides is 3. The topological polar surface area (TPSA) is 70.2 Å². The fourth-order valence-corrected chi connectivity index (χ4v) is 2.18. The zero-order valence-corrected chi connectivity index (χ0v) is 14.2. The number of carbonyl (C=O) groups excluding carboxylic acids is 2. The van der Waals surface area contributed by atoms with Crippen LogP contribution in [0.5, 0.6) is 0 Å². The number of nitrogens with one attached hydrogen (secondary N) is 3. The Morgan fingerprint density at radius 3 is 1.96 bits per heavy atom. The third-order valence-electron chi connectivity index (χ3n) is 3.13. The quantitative estimate of drug-likeness (QED) is 0.762. The second-order valence-electron chi connectivity index (χ2n) is 6.81. The van der Waals surface area contributed by atoms with E-state index in [4.69, 9.17) is 0 Å². The molecule has 5 nitrogen and oxygen atoms in total. The van der Waals surface area contributed by atoms with Crippen molar-refractivity contribution in [3.63, 3.8) is 0 Å². The van der Waals surface area contributed by atoms with E-state index < -0.39 is 0 Å². The van der Waals surface area contributed by atoms with E-state index in [1.54, 1.807) is 24.3 Å². The highest BCUT2D eigenvalue weighted by atomic mass is 16.2. The molecule has 0 atom stereocenters. The Balaban J connectivity index is 1.95. The van der Waals surface area contributed by atoms with Gasteiger partial charge < -0.3 is 16.0 Å². The second-order valence-corrected chi connectivity index (χ2v) is 6.81. The summed E-state index contributed by atoms with van der Waals surface area (Å²) in [5, 5.41) is 8.35. The molecule has 2 rings (SSSR count). The maximum absolute atomic E-state index is 12.0. The van der Waals surface area contributed by atoms with E-state index in [0.29, 0.717) is 23.5 Å². The lowest BCUT2D eigenvalue weighted by atomic mass is 9.92. The minimum absolute atomic E-state index is 0.0478. The molecule has 2 aromatic carbocycles. The number of para-hydroxylation sites is 1. The molecule has 3 N–H and O–H groups in total. The summed E-state index contributed by atoms with van der Waals surface area (Å²) in [6, 6.07) is 15.9. The van der Waals surface area contributed by atoms with Crippen LogP contribution in [0.25, 0.3) is 0 Å². The molecule has 3 amide bonds. The average Bonchev–Trinajstić information content (AvgIpc) is 2.46. The summed E-state index contributed by atoms with van der Waals surface area (Å²) in [5.41, 5.74) is 1.90. The van der Waals surface area contributed by atoms with Gasteiger partial charge in [-0.05, 0) is 35.7 Å². The van der Waals surface area contributed by atoms with Crippen molar-refractivity contribution in [2.24, 2.45) is 5.41 Å². The zero-order chi connectivity index (χ0) is 17.6. The fourth-order valence-electron chi connectivity index (χ4n) is 2.18. The SMILES string of the molecule is CC(C)(C)CC(=O)Nc1cccc(NC(=O)Nc2ccccc2)c1. The molecule has 0 heterocycles. The van der Waals surface area contributed by atoms with Gasteiger partial charge in [0.15, 0.2) is 0 Å². The molecule has 0 saturated heterocycles. The number of anilines is 3. The number of hydrogen-bond acceptors (Lipinski definition) is 2. The fraction of sp³-hybridized carbons (Fsp3) is 0.263. The Bertz CT molecular complexity index is 706. The standard InChI is InChI=1S/C19H23N3O2/c1-19(2,3)13-17(23)20-15-10-7-11-16(12-15)22-18(24)21-14-8-5-4-6-9-14/h4-12H,13H2,1-3H3,(H,20,23)(H2,21,22,24). The van der Waals surface area contributed by atoms with Gasteiger partial charge in [0.1, 0.15) is 0 Å². The molecule has 126 valence electrons. The van der Waals surface area contributed by atoms with Gasteiger partial charge in [-0.2, -0.15) is 0 Å². The van der Waals surface area contributed by atoms with Gasteiger partial charge in [-0.25, -0.2) is 4.79 Å². The normalized spacial score (nSPS) is 10.8. The highest BCUT2D eigenvalue weighted by Crippen LogP contribution is 2.21. The summed E-state index contributed by atoms with van der Waals surface area (Å²) in [6.45, 7) is 6.04. The van der Waals surface area contributed by atoms with E-state index in [1.807, 2.05) is 51.1 Å². The van der Waals surface area contributed by atoms with Crippen LogP contribution in [0.2, 0.25) is 0 Å². The van der Waals surface area contributed by atoms with E-state index in [-0.39, 0.29) is 17.4 Å². The van der Waals surface area contributed by atoms with E-state index in [1.165, 1.54) is 0 Å². The third kappa shape index (κ3) is 6.12.